The highest BCUT2D eigenvalue weighted by atomic mass is 16.3. The third-order valence-electron chi connectivity index (χ3n) is 2.16. The molecule has 1 aromatic carbocycles. The zero-order valence-corrected chi connectivity index (χ0v) is 8.28. The molecule has 0 saturated carbocycles. The SMILES string of the molecule is CC(C)c1cc(C(C)O)ccc1O. The Bertz CT molecular complexity index is 290. The van der Waals surface area contributed by atoms with Gasteiger partial charge < -0.3 is 10.2 Å². The van der Waals surface area contributed by atoms with E-state index < -0.39 is 6.10 Å². The summed E-state index contributed by atoms with van der Waals surface area (Å²) in [6.07, 6.45) is -0.474. The zero-order valence-electron chi connectivity index (χ0n) is 8.28. The van der Waals surface area contributed by atoms with Gasteiger partial charge in [0.25, 0.3) is 0 Å². The molecule has 13 heavy (non-hydrogen) atoms. The smallest absolute Gasteiger partial charge is 0.119 e. The van der Waals surface area contributed by atoms with E-state index in [0.29, 0.717) is 5.75 Å². The number of hydrogen-bond donors (Lipinski definition) is 2. The monoisotopic (exact) mass is 180 g/mol. The fourth-order valence-electron chi connectivity index (χ4n) is 1.30. The summed E-state index contributed by atoms with van der Waals surface area (Å²) >= 11 is 0. The van der Waals surface area contributed by atoms with Gasteiger partial charge in [0, 0.05) is 0 Å². The Hall–Kier alpha value is -1.02. The number of aromatic hydroxyl groups is 1. The van der Waals surface area contributed by atoms with Crippen molar-refractivity contribution in [1.29, 1.82) is 0 Å². The molecule has 1 unspecified atom stereocenters. The summed E-state index contributed by atoms with van der Waals surface area (Å²) in [5.74, 6) is 0.582. The van der Waals surface area contributed by atoms with Crippen LogP contribution in [0.2, 0.25) is 0 Å². The normalized spacial score (nSPS) is 13.3. The van der Waals surface area contributed by atoms with Crippen LogP contribution in [0.25, 0.3) is 0 Å². The van der Waals surface area contributed by atoms with Crippen molar-refractivity contribution in [2.24, 2.45) is 0 Å². The minimum absolute atomic E-state index is 0.277. The van der Waals surface area contributed by atoms with Gasteiger partial charge in [-0.1, -0.05) is 19.9 Å². The van der Waals surface area contributed by atoms with E-state index in [4.69, 9.17) is 0 Å². The average Bonchev–Trinajstić information content (AvgIpc) is 2.04. The maximum atomic E-state index is 9.51. The van der Waals surface area contributed by atoms with E-state index in [1.165, 1.54) is 0 Å². The van der Waals surface area contributed by atoms with Crippen molar-refractivity contribution in [3.8, 4) is 5.75 Å². The van der Waals surface area contributed by atoms with Crippen molar-refractivity contribution in [3.05, 3.63) is 29.3 Å². The molecule has 0 radical (unpaired) electrons. The van der Waals surface area contributed by atoms with Crippen LogP contribution in [-0.4, -0.2) is 10.2 Å². The minimum Gasteiger partial charge on any atom is -0.508 e. The maximum Gasteiger partial charge on any atom is 0.119 e. The van der Waals surface area contributed by atoms with Crippen LogP contribution in [0.4, 0.5) is 0 Å². The molecule has 2 heteroatoms. The van der Waals surface area contributed by atoms with Crippen LogP contribution < -0.4 is 0 Å². The van der Waals surface area contributed by atoms with E-state index in [2.05, 4.69) is 0 Å². The summed E-state index contributed by atoms with van der Waals surface area (Å²) in [7, 11) is 0. The molecule has 0 bridgehead atoms. The van der Waals surface area contributed by atoms with Crippen LogP contribution in [0.1, 0.15) is 43.9 Å². The van der Waals surface area contributed by atoms with Gasteiger partial charge in [0.1, 0.15) is 5.75 Å². The molecule has 0 aromatic heterocycles. The molecule has 1 atom stereocenters. The number of phenols is 1. The topological polar surface area (TPSA) is 40.5 Å². The summed E-state index contributed by atoms with van der Waals surface area (Å²) in [5, 5.41) is 18.8. The number of phenolic OH excluding ortho intramolecular Hbond substituents is 1. The Morgan fingerprint density at radius 1 is 1.15 bits per heavy atom. The third-order valence-corrected chi connectivity index (χ3v) is 2.16. The number of rotatable bonds is 2. The van der Waals surface area contributed by atoms with Crippen LogP contribution >= 0.6 is 0 Å². The van der Waals surface area contributed by atoms with Crippen molar-refractivity contribution in [1.82, 2.24) is 0 Å². The van der Waals surface area contributed by atoms with Gasteiger partial charge in [0.05, 0.1) is 6.10 Å². The first-order valence-electron chi connectivity index (χ1n) is 4.53. The Morgan fingerprint density at radius 2 is 1.77 bits per heavy atom. The highest BCUT2D eigenvalue weighted by Crippen LogP contribution is 2.28. The molecule has 1 aromatic rings. The summed E-state index contributed by atoms with van der Waals surface area (Å²) in [4.78, 5) is 0. The predicted octanol–water partition coefficient (Wildman–Crippen LogP) is 2.57. The first kappa shape index (κ1) is 10.1. The first-order chi connectivity index (χ1) is 6.02. The largest absolute Gasteiger partial charge is 0.508 e. The van der Waals surface area contributed by atoms with Crippen molar-refractivity contribution in [3.63, 3.8) is 0 Å². The van der Waals surface area contributed by atoms with E-state index >= 15 is 0 Å². The standard InChI is InChI=1S/C11H16O2/c1-7(2)10-6-9(8(3)12)4-5-11(10)13/h4-8,12-13H,1-3H3. The molecule has 72 valence electrons. The Morgan fingerprint density at radius 3 is 2.23 bits per heavy atom. The second kappa shape index (κ2) is 3.79. The number of aliphatic hydroxyl groups is 1. The Labute approximate surface area is 78.8 Å². The highest BCUT2D eigenvalue weighted by molar-refractivity contribution is 5.38. The van der Waals surface area contributed by atoms with Crippen LogP contribution in [0.15, 0.2) is 18.2 Å². The van der Waals surface area contributed by atoms with Crippen molar-refractivity contribution < 1.29 is 10.2 Å². The molecule has 0 aliphatic rings. The van der Waals surface area contributed by atoms with Gasteiger partial charge in [-0.2, -0.15) is 0 Å². The predicted molar refractivity (Wildman–Crippen MR) is 52.8 cm³/mol. The molecule has 0 spiro atoms. The van der Waals surface area contributed by atoms with Crippen LogP contribution in [0.3, 0.4) is 0 Å². The Balaban J connectivity index is 3.11. The van der Waals surface area contributed by atoms with Crippen LogP contribution in [0.5, 0.6) is 5.75 Å². The van der Waals surface area contributed by atoms with E-state index in [0.717, 1.165) is 11.1 Å². The molecule has 0 amide bonds. The molecule has 1 rings (SSSR count). The molecule has 0 saturated heterocycles. The lowest BCUT2D eigenvalue weighted by Crippen LogP contribution is -1.95. The van der Waals surface area contributed by atoms with Gasteiger partial charge in [-0.15, -0.1) is 0 Å². The van der Waals surface area contributed by atoms with Gasteiger partial charge in [0.15, 0.2) is 0 Å². The van der Waals surface area contributed by atoms with Crippen LogP contribution in [-0.2, 0) is 0 Å². The van der Waals surface area contributed by atoms with Crippen molar-refractivity contribution in [2.45, 2.75) is 32.8 Å². The lowest BCUT2D eigenvalue weighted by molar-refractivity contribution is 0.199. The molecule has 2 N–H and O–H groups in total. The quantitative estimate of drug-likeness (QED) is 0.734. The fourth-order valence-corrected chi connectivity index (χ4v) is 1.30. The van der Waals surface area contributed by atoms with Gasteiger partial charge >= 0.3 is 0 Å². The fraction of sp³-hybridized carbons (Fsp3) is 0.455. The lowest BCUT2D eigenvalue weighted by atomic mass is 9.98. The average molecular weight is 180 g/mol. The van der Waals surface area contributed by atoms with E-state index in [9.17, 15) is 10.2 Å². The number of aliphatic hydroxyl groups excluding tert-OH is 1. The summed E-state index contributed by atoms with van der Waals surface area (Å²) in [6, 6.07) is 5.23. The minimum atomic E-state index is -0.474. The first-order valence-corrected chi connectivity index (χ1v) is 4.53. The van der Waals surface area contributed by atoms with Gasteiger partial charge in [-0.25, -0.2) is 0 Å². The second-order valence-electron chi connectivity index (χ2n) is 3.65. The zero-order chi connectivity index (χ0) is 10.0. The Kier molecular flexibility index (Phi) is 2.94. The molecule has 0 heterocycles. The van der Waals surface area contributed by atoms with Crippen LogP contribution in [0, 0.1) is 0 Å². The molecule has 2 nitrogen and oxygen atoms in total. The van der Waals surface area contributed by atoms with Gasteiger partial charge in [-0.3, -0.25) is 0 Å². The summed E-state index contributed by atoms with van der Waals surface area (Å²) < 4.78 is 0. The van der Waals surface area contributed by atoms with E-state index in [1.54, 1.807) is 19.1 Å². The summed E-state index contributed by atoms with van der Waals surface area (Å²) in [6.45, 7) is 5.75. The van der Waals surface area contributed by atoms with Crippen molar-refractivity contribution in [2.75, 3.05) is 0 Å². The van der Waals surface area contributed by atoms with Crippen molar-refractivity contribution >= 4 is 0 Å². The molecular formula is C11H16O2. The molecule has 0 fully saturated rings. The van der Waals surface area contributed by atoms with E-state index in [-0.39, 0.29) is 5.92 Å². The second-order valence-corrected chi connectivity index (χ2v) is 3.65. The van der Waals surface area contributed by atoms with Gasteiger partial charge in [-0.05, 0) is 36.1 Å². The highest BCUT2D eigenvalue weighted by Gasteiger charge is 2.08. The maximum absolute atomic E-state index is 9.51. The molecule has 0 aliphatic heterocycles. The third kappa shape index (κ3) is 2.22. The number of hydrogen-bond acceptors (Lipinski definition) is 2. The molecule has 0 aliphatic carbocycles. The lowest BCUT2D eigenvalue weighted by Gasteiger charge is -2.11. The van der Waals surface area contributed by atoms with E-state index in [1.807, 2.05) is 19.9 Å². The molecular weight excluding hydrogens is 164 g/mol. The van der Waals surface area contributed by atoms with Gasteiger partial charge in [0.2, 0.25) is 0 Å². The number of benzene rings is 1. The summed E-state index contributed by atoms with van der Waals surface area (Å²) in [5.41, 5.74) is 1.74.